The van der Waals surface area contributed by atoms with Crippen molar-refractivity contribution in [1.82, 2.24) is 14.6 Å². The Morgan fingerprint density at radius 3 is 2.95 bits per heavy atom. The highest BCUT2D eigenvalue weighted by Gasteiger charge is 2.28. The molecule has 1 aromatic rings. The van der Waals surface area contributed by atoms with Gasteiger partial charge in [-0.1, -0.05) is 0 Å². The third-order valence-corrected chi connectivity index (χ3v) is 4.87. The summed E-state index contributed by atoms with van der Waals surface area (Å²) in [6.45, 7) is 1.02. The lowest BCUT2D eigenvalue weighted by Gasteiger charge is -2.35. The number of piperidine rings is 1. The van der Waals surface area contributed by atoms with Gasteiger partial charge in [-0.05, 0) is 25.7 Å². The minimum atomic E-state index is -3.19. The fraction of sp³-hybridized carbons (Fsp3) is 0.667. The molecule has 1 aliphatic heterocycles. The molecule has 1 fully saturated rings. The van der Waals surface area contributed by atoms with Gasteiger partial charge in [0.05, 0.1) is 6.26 Å². The van der Waals surface area contributed by atoms with E-state index in [9.17, 15) is 13.2 Å². The van der Waals surface area contributed by atoms with Crippen LogP contribution in [0.2, 0.25) is 0 Å². The van der Waals surface area contributed by atoms with E-state index >= 15 is 0 Å². The van der Waals surface area contributed by atoms with Gasteiger partial charge in [0.2, 0.25) is 10.0 Å². The fourth-order valence-electron chi connectivity index (χ4n) is 2.51. The van der Waals surface area contributed by atoms with Gasteiger partial charge < -0.3 is 10.6 Å². The van der Waals surface area contributed by atoms with E-state index in [0.29, 0.717) is 30.3 Å². The van der Waals surface area contributed by atoms with E-state index < -0.39 is 10.0 Å². The van der Waals surface area contributed by atoms with Crippen molar-refractivity contribution in [3.8, 4) is 0 Å². The highest BCUT2D eigenvalue weighted by Crippen LogP contribution is 2.23. The molecule has 2 rings (SSSR count). The van der Waals surface area contributed by atoms with Crippen LogP contribution in [0.25, 0.3) is 0 Å². The molecule has 1 amide bonds. The van der Waals surface area contributed by atoms with Gasteiger partial charge >= 0.3 is 0 Å². The van der Waals surface area contributed by atoms with Crippen LogP contribution in [0.15, 0.2) is 5.38 Å². The van der Waals surface area contributed by atoms with Gasteiger partial charge in [0.1, 0.15) is 5.69 Å². The molecule has 1 aliphatic rings. The Kier molecular flexibility index (Phi) is 5.17. The first-order chi connectivity index (χ1) is 9.87. The Bertz CT molecular complexity index is 599. The van der Waals surface area contributed by atoms with Gasteiger partial charge in [0.15, 0.2) is 5.13 Å². The number of likely N-dealkylation sites (tertiary alicyclic amines) is 1. The molecule has 1 atom stereocenters. The molecule has 0 aromatic carbocycles. The normalized spacial score (nSPS) is 19.7. The van der Waals surface area contributed by atoms with Crippen LogP contribution in [0, 0.1) is 0 Å². The second kappa shape index (κ2) is 6.71. The summed E-state index contributed by atoms with van der Waals surface area (Å²) in [5.41, 5.74) is 5.94. The first kappa shape index (κ1) is 16.2. The van der Waals surface area contributed by atoms with Gasteiger partial charge in [0.25, 0.3) is 5.91 Å². The summed E-state index contributed by atoms with van der Waals surface area (Å²) in [4.78, 5) is 18.3. The lowest BCUT2D eigenvalue weighted by molar-refractivity contribution is 0.0599. The van der Waals surface area contributed by atoms with E-state index in [1.165, 1.54) is 11.3 Å². The Morgan fingerprint density at radius 2 is 2.33 bits per heavy atom. The summed E-state index contributed by atoms with van der Waals surface area (Å²) in [6, 6.07) is 0.0448. The largest absolute Gasteiger partial charge is 0.375 e. The van der Waals surface area contributed by atoms with Crippen LogP contribution in [0.3, 0.4) is 0 Å². The smallest absolute Gasteiger partial charge is 0.273 e. The molecule has 7 nitrogen and oxygen atoms in total. The maximum atomic E-state index is 12.5. The number of nitrogen functional groups attached to an aromatic ring is 1. The zero-order valence-electron chi connectivity index (χ0n) is 11.9. The molecule has 3 N–H and O–H groups in total. The summed E-state index contributed by atoms with van der Waals surface area (Å²) in [5, 5.41) is 2.05. The number of carbonyl (C=O) groups excluding carboxylic acids is 1. The highest BCUT2D eigenvalue weighted by atomic mass is 32.2. The molecule has 0 spiro atoms. The number of rotatable bonds is 5. The van der Waals surface area contributed by atoms with Crippen molar-refractivity contribution in [2.45, 2.75) is 31.7 Å². The Balaban J connectivity index is 1.99. The number of sulfonamides is 1. The Morgan fingerprint density at radius 1 is 1.57 bits per heavy atom. The number of aromatic nitrogens is 1. The summed E-state index contributed by atoms with van der Waals surface area (Å²) in [6.07, 6.45) is 4.64. The third-order valence-electron chi connectivity index (χ3n) is 3.47. The van der Waals surface area contributed by atoms with Crippen molar-refractivity contribution in [2.75, 3.05) is 25.1 Å². The molecular weight excluding hydrogens is 312 g/mol. The highest BCUT2D eigenvalue weighted by molar-refractivity contribution is 7.88. The number of carbonyl (C=O) groups is 1. The molecule has 0 aliphatic carbocycles. The van der Waals surface area contributed by atoms with Crippen molar-refractivity contribution in [1.29, 1.82) is 0 Å². The number of hydrogen-bond acceptors (Lipinski definition) is 6. The minimum absolute atomic E-state index is 0.0448. The van der Waals surface area contributed by atoms with Crippen LogP contribution in [0.4, 0.5) is 5.13 Å². The number of amides is 1. The van der Waals surface area contributed by atoms with Crippen LogP contribution >= 0.6 is 11.3 Å². The van der Waals surface area contributed by atoms with Crippen molar-refractivity contribution in [3.05, 3.63) is 11.1 Å². The molecule has 21 heavy (non-hydrogen) atoms. The average Bonchev–Trinajstić information content (AvgIpc) is 2.84. The fourth-order valence-corrected chi connectivity index (χ4v) is 3.54. The average molecular weight is 332 g/mol. The topological polar surface area (TPSA) is 105 Å². The molecule has 0 saturated carbocycles. The predicted octanol–water partition coefficient (Wildman–Crippen LogP) is 0.659. The number of anilines is 1. The zero-order valence-corrected chi connectivity index (χ0v) is 13.5. The quantitative estimate of drug-likeness (QED) is 0.824. The number of nitrogens with two attached hydrogens (primary N) is 1. The molecule has 9 heteroatoms. The monoisotopic (exact) mass is 332 g/mol. The minimum Gasteiger partial charge on any atom is -0.375 e. The molecule has 1 saturated heterocycles. The summed E-state index contributed by atoms with van der Waals surface area (Å²) >= 11 is 1.25. The van der Waals surface area contributed by atoms with Crippen LogP contribution in [0.1, 0.15) is 36.2 Å². The predicted molar refractivity (Wildman–Crippen MR) is 82.7 cm³/mol. The molecule has 0 radical (unpaired) electrons. The molecule has 0 bridgehead atoms. The zero-order chi connectivity index (χ0) is 15.5. The molecular formula is C12H20N4O3S2. The standard InChI is InChI=1S/C12H20N4O3S2/c1-21(18,19)14-6-5-9-4-2-3-7-16(9)11(17)10-8-20-12(13)15-10/h8-9,14H,2-7H2,1H3,(H2,13,15). The SMILES string of the molecule is CS(=O)(=O)NCCC1CCCCN1C(=O)c1csc(N)n1. The number of nitrogens with zero attached hydrogens (tertiary/aromatic N) is 2. The van der Waals surface area contributed by atoms with E-state index in [0.717, 1.165) is 25.5 Å². The number of hydrogen-bond donors (Lipinski definition) is 2. The maximum absolute atomic E-state index is 12.5. The van der Waals surface area contributed by atoms with Gasteiger partial charge in [-0.25, -0.2) is 18.1 Å². The van der Waals surface area contributed by atoms with Crippen molar-refractivity contribution in [2.24, 2.45) is 0 Å². The van der Waals surface area contributed by atoms with Crippen molar-refractivity contribution in [3.63, 3.8) is 0 Å². The van der Waals surface area contributed by atoms with Crippen LogP contribution in [-0.4, -0.2) is 49.6 Å². The van der Waals surface area contributed by atoms with Gasteiger partial charge in [0, 0.05) is 24.5 Å². The first-order valence-electron chi connectivity index (χ1n) is 6.83. The van der Waals surface area contributed by atoms with Crippen LogP contribution < -0.4 is 10.5 Å². The molecule has 118 valence electrons. The van der Waals surface area contributed by atoms with Crippen LogP contribution in [-0.2, 0) is 10.0 Å². The molecule has 2 heterocycles. The Hall–Kier alpha value is -1.19. The lowest BCUT2D eigenvalue weighted by atomic mass is 9.99. The van der Waals surface area contributed by atoms with E-state index in [1.807, 2.05) is 0 Å². The second-order valence-corrected chi connectivity index (χ2v) is 7.90. The second-order valence-electron chi connectivity index (χ2n) is 5.17. The van der Waals surface area contributed by atoms with Gasteiger partial charge in [-0.15, -0.1) is 11.3 Å². The molecule has 1 unspecified atom stereocenters. The van der Waals surface area contributed by atoms with E-state index in [1.54, 1.807) is 10.3 Å². The summed E-state index contributed by atoms with van der Waals surface area (Å²) < 4.78 is 24.7. The molecule has 1 aromatic heterocycles. The van der Waals surface area contributed by atoms with Crippen molar-refractivity contribution < 1.29 is 13.2 Å². The lowest BCUT2D eigenvalue weighted by Crippen LogP contribution is -2.45. The summed E-state index contributed by atoms with van der Waals surface area (Å²) in [7, 11) is -3.19. The van der Waals surface area contributed by atoms with Gasteiger partial charge in [-0.2, -0.15) is 0 Å². The first-order valence-corrected chi connectivity index (χ1v) is 9.60. The summed E-state index contributed by atoms with van der Waals surface area (Å²) in [5.74, 6) is -0.119. The Labute approximate surface area is 128 Å². The van der Waals surface area contributed by atoms with E-state index in [2.05, 4.69) is 9.71 Å². The van der Waals surface area contributed by atoms with Crippen LogP contribution in [0.5, 0.6) is 0 Å². The van der Waals surface area contributed by atoms with Gasteiger partial charge in [-0.3, -0.25) is 4.79 Å². The third kappa shape index (κ3) is 4.65. The van der Waals surface area contributed by atoms with Crippen molar-refractivity contribution >= 4 is 32.4 Å². The number of thiazole rings is 1. The number of nitrogens with one attached hydrogen (secondary N) is 1. The van der Waals surface area contributed by atoms with E-state index in [-0.39, 0.29) is 11.9 Å². The van der Waals surface area contributed by atoms with E-state index in [4.69, 9.17) is 5.73 Å². The maximum Gasteiger partial charge on any atom is 0.273 e.